The maximum Gasteiger partial charge on any atom is 0.304 e. The maximum absolute atomic E-state index is 10.5. The van der Waals surface area contributed by atoms with Crippen LogP contribution in [0.1, 0.15) is 32.6 Å². The molecule has 106 valence electrons. The first-order chi connectivity index (χ1) is 8.56. The van der Waals surface area contributed by atoms with E-state index in [1.165, 1.54) is 0 Å². The summed E-state index contributed by atoms with van der Waals surface area (Å²) in [5, 5.41) is 20.2. The molecule has 0 spiro atoms. The Morgan fingerprint density at radius 1 is 1.00 bits per heavy atom. The molecule has 0 saturated heterocycles. The Bertz CT molecular complexity index is 246. The number of nitrogens with zero attached hydrogens (tertiary/aromatic N) is 1. The van der Waals surface area contributed by atoms with Gasteiger partial charge in [-0.3, -0.25) is 9.59 Å². The summed E-state index contributed by atoms with van der Waals surface area (Å²) in [7, 11) is 0. The number of hydrogen-bond acceptors (Lipinski definition) is 4. The predicted molar refractivity (Wildman–Crippen MR) is 68.7 cm³/mol. The molecule has 0 unspecified atom stereocenters. The van der Waals surface area contributed by atoms with Gasteiger partial charge in [0.15, 0.2) is 0 Å². The lowest BCUT2D eigenvalue weighted by Gasteiger charge is -2.21. The minimum Gasteiger partial charge on any atom is -0.481 e. The Hall–Kier alpha value is -1.14. The van der Waals surface area contributed by atoms with E-state index < -0.39 is 11.9 Å². The van der Waals surface area contributed by atoms with Gasteiger partial charge in [0.25, 0.3) is 0 Å². The lowest BCUT2D eigenvalue weighted by molar-refractivity contribution is -0.138. The van der Waals surface area contributed by atoms with Crippen LogP contribution in [0, 0.1) is 0 Å². The fourth-order valence-corrected chi connectivity index (χ4v) is 1.53. The van der Waals surface area contributed by atoms with Crippen LogP contribution in [0.2, 0.25) is 0 Å². The van der Waals surface area contributed by atoms with Gasteiger partial charge in [0.1, 0.15) is 0 Å². The molecule has 0 bridgehead atoms. The molecule has 3 N–H and O–H groups in total. The topological polar surface area (TPSA) is 89.9 Å². The largest absolute Gasteiger partial charge is 0.481 e. The molecule has 0 amide bonds. The van der Waals surface area contributed by atoms with Gasteiger partial charge in [-0.05, 0) is 13.0 Å². The smallest absolute Gasteiger partial charge is 0.304 e. The molecule has 0 aliphatic heterocycles. The van der Waals surface area contributed by atoms with Crippen LogP contribution in [0.3, 0.4) is 0 Å². The van der Waals surface area contributed by atoms with Crippen molar-refractivity contribution >= 4 is 11.9 Å². The fraction of sp³-hybridized carbons (Fsp3) is 0.833. The van der Waals surface area contributed by atoms with E-state index in [-0.39, 0.29) is 12.8 Å². The van der Waals surface area contributed by atoms with Crippen LogP contribution in [0.4, 0.5) is 0 Å². The molecule has 18 heavy (non-hydrogen) atoms. The Labute approximate surface area is 108 Å². The third-order valence-corrected chi connectivity index (χ3v) is 2.59. The molecule has 0 heterocycles. The molecule has 6 heteroatoms. The minimum absolute atomic E-state index is 0.115. The minimum atomic E-state index is -0.809. The van der Waals surface area contributed by atoms with Gasteiger partial charge < -0.3 is 20.4 Å². The van der Waals surface area contributed by atoms with E-state index in [1.54, 1.807) is 0 Å². The zero-order chi connectivity index (χ0) is 13.8. The first-order valence-corrected chi connectivity index (χ1v) is 6.43. The summed E-state index contributed by atoms with van der Waals surface area (Å²) >= 11 is 0. The molecule has 0 aromatic heterocycles. The summed E-state index contributed by atoms with van der Waals surface area (Å²) in [5.41, 5.74) is 0. The van der Waals surface area contributed by atoms with Crippen LogP contribution in [0.25, 0.3) is 0 Å². The number of hydrogen-bond donors (Lipinski definition) is 3. The zero-order valence-electron chi connectivity index (χ0n) is 11.0. The molecule has 0 saturated carbocycles. The summed E-state index contributed by atoms with van der Waals surface area (Å²) in [4.78, 5) is 22.9. The normalized spacial score (nSPS) is 10.8. The zero-order valence-corrected chi connectivity index (χ0v) is 11.0. The second-order valence-electron chi connectivity index (χ2n) is 4.23. The van der Waals surface area contributed by atoms with Gasteiger partial charge in [0.05, 0.1) is 12.8 Å². The number of carbonyl (C=O) groups is 2. The summed E-state index contributed by atoms with van der Waals surface area (Å²) < 4.78 is 0. The van der Waals surface area contributed by atoms with Crippen molar-refractivity contribution in [3.63, 3.8) is 0 Å². The van der Waals surface area contributed by atoms with Gasteiger partial charge in [0, 0.05) is 26.2 Å². The van der Waals surface area contributed by atoms with Crippen molar-refractivity contribution < 1.29 is 19.8 Å². The Morgan fingerprint density at radius 2 is 1.67 bits per heavy atom. The van der Waals surface area contributed by atoms with Crippen molar-refractivity contribution in [2.75, 3.05) is 32.7 Å². The van der Waals surface area contributed by atoms with E-state index in [4.69, 9.17) is 10.2 Å². The second-order valence-corrected chi connectivity index (χ2v) is 4.23. The van der Waals surface area contributed by atoms with Crippen LogP contribution in [0.15, 0.2) is 0 Å². The van der Waals surface area contributed by atoms with Crippen molar-refractivity contribution in [3.05, 3.63) is 0 Å². The van der Waals surface area contributed by atoms with Crippen molar-refractivity contribution in [2.45, 2.75) is 32.6 Å². The van der Waals surface area contributed by atoms with Crippen LogP contribution < -0.4 is 5.32 Å². The van der Waals surface area contributed by atoms with E-state index >= 15 is 0 Å². The van der Waals surface area contributed by atoms with Crippen molar-refractivity contribution in [1.29, 1.82) is 0 Å². The lowest BCUT2D eigenvalue weighted by atomic mass is 10.3. The molecule has 0 fully saturated rings. The number of carboxylic acid groups (broad SMARTS) is 2. The Balaban J connectivity index is 3.70. The van der Waals surface area contributed by atoms with E-state index in [9.17, 15) is 9.59 Å². The number of unbranched alkanes of at least 4 members (excludes halogenated alkanes) is 1. The monoisotopic (exact) mass is 260 g/mol. The maximum atomic E-state index is 10.5. The quantitative estimate of drug-likeness (QED) is 0.446. The van der Waals surface area contributed by atoms with E-state index in [0.29, 0.717) is 19.6 Å². The predicted octanol–water partition coefficient (Wildman–Crippen LogP) is 0.628. The molecule has 6 nitrogen and oxygen atoms in total. The van der Waals surface area contributed by atoms with Crippen LogP contribution in [-0.2, 0) is 9.59 Å². The first kappa shape index (κ1) is 16.9. The Morgan fingerprint density at radius 3 is 2.22 bits per heavy atom. The molecule has 0 aliphatic rings. The summed E-state index contributed by atoms with van der Waals surface area (Å²) in [6, 6.07) is 0. The van der Waals surface area contributed by atoms with Gasteiger partial charge in [-0.1, -0.05) is 13.3 Å². The van der Waals surface area contributed by atoms with Gasteiger partial charge >= 0.3 is 11.9 Å². The summed E-state index contributed by atoms with van der Waals surface area (Å²) in [5.74, 6) is -1.59. The standard InChI is InChI=1S/C12H24N2O4/c1-2-3-8-14(9-5-12(17)18)10-7-13-6-4-11(15)16/h13H,2-10H2,1H3,(H,15,16)(H,17,18). The lowest BCUT2D eigenvalue weighted by Crippen LogP contribution is -2.35. The highest BCUT2D eigenvalue weighted by molar-refractivity contribution is 5.67. The fourth-order valence-electron chi connectivity index (χ4n) is 1.53. The summed E-state index contributed by atoms with van der Waals surface area (Å²) in [6.45, 7) is 5.44. The highest BCUT2D eigenvalue weighted by atomic mass is 16.4. The van der Waals surface area contributed by atoms with Crippen molar-refractivity contribution in [2.24, 2.45) is 0 Å². The molecule has 0 aromatic carbocycles. The molecule has 0 rings (SSSR count). The molecule has 0 aromatic rings. The number of aliphatic carboxylic acids is 2. The molecular weight excluding hydrogens is 236 g/mol. The summed E-state index contributed by atoms with van der Waals surface area (Å²) in [6.07, 6.45) is 2.40. The van der Waals surface area contributed by atoms with Crippen LogP contribution >= 0.6 is 0 Å². The average Bonchev–Trinajstić information content (AvgIpc) is 2.30. The molecule has 0 radical (unpaired) electrons. The average molecular weight is 260 g/mol. The van der Waals surface area contributed by atoms with E-state index in [1.807, 2.05) is 0 Å². The van der Waals surface area contributed by atoms with Crippen LogP contribution in [0.5, 0.6) is 0 Å². The van der Waals surface area contributed by atoms with E-state index in [2.05, 4.69) is 17.1 Å². The van der Waals surface area contributed by atoms with Crippen molar-refractivity contribution in [3.8, 4) is 0 Å². The van der Waals surface area contributed by atoms with Crippen LogP contribution in [-0.4, -0.2) is 59.8 Å². The molecule has 0 atom stereocenters. The van der Waals surface area contributed by atoms with Gasteiger partial charge in [-0.25, -0.2) is 0 Å². The highest BCUT2D eigenvalue weighted by Gasteiger charge is 2.06. The second kappa shape index (κ2) is 11.0. The number of nitrogens with one attached hydrogen (secondary N) is 1. The van der Waals surface area contributed by atoms with Gasteiger partial charge in [0.2, 0.25) is 0 Å². The Kier molecular flexibility index (Phi) is 10.3. The molecular formula is C12H24N2O4. The highest BCUT2D eigenvalue weighted by Crippen LogP contribution is 1.96. The first-order valence-electron chi connectivity index (χ1n) is 6.43. The van der Waals surface area contributed by atoms with Gasteiger partial charge in [-0.15, -0.1) is 0 Å². The SMILES string of the molecule is CCCCN(CCNCCC(=O)O)CCC(=O)O. The van der Waals surface area contributed by atoms with E-state index in [0.717, 1.165) is 25.9 Å². The number of carboxylic acids is 2. The number of rotatable bonds is 12. The third kappa shape index (κ3) is 11.3. The van der Waals surface area contributed by atoms with Gasteiger partial charge in [-0.2, -0.15) is 0 Å². The third-order valence-electron chi connectivity index (χ3n) is 2.59. The molecule has 0 aliphatic carbocycles. The van der Waals surface area contributed by atoms with Crippen molar-refractivity contribution in [1.82, 2.24) is 10.2 Å².